The summed E-state index contributed by atoms with van der Waals surface area (Å²) >= 11 is 7.22. The average Bonchev–Trinajstić information content (AvgIpc) is 2.79. The van der Waals surface area contributed by atoms with Crippen LogP contribution in [0.4, 0.5) is 0 Å². The summed E-state index contributed by atoms with van der Waals surface area (Å²) in [7, 11) is 2.03. The first-order valence-corrected chi connectivity index (χ1v) is 7.18. The lowest BCUT2D eigenvalue weighted by molar-refractivity contribution is 0.0867. The van der Waals surface area contributed by atoms with Gasteiger partial charge in [-0.1, -0.05) is 18.5 Å². The Labute approximate surface area is 112 Å². The van der Waals surface area contributed by atoms with E-state index in [1.165, 1.54) is 17.8 Å². The minimum absolute atomic E-state index is 0.0579. The van der Waals surface area contributed by atoms with Crippen LogP contribution < -0.4 is 0 Å². The molecule has 1 aromatic heterocycles. The molecule has 1 heterocycles. The molecule has 2 nitrogen and oxygen atoms in total. The molecule has 94 valence electrons. The third-order valence-electron chi connectivity index (χ3n) is 3.66. The number of carbonyl (C=O) groups excluding carboxylic acids is 1. The predicted octanol–water partition coefficient (Wildman–Crippen LogP) is 3.56. The highest BCUT2D eigenvalue weighted by atomic mass is 35.5. The summed E-state index contributed by atoms with van der Waals surface area (Å²) in [6, 6.07) is 3.55. The predicted molar refractivity (Wildman–Crippen MR) is 73.0 cm³/mol. The van der Waals surface area contributed by atoms with E-state index in [-0.39, 0.29) is 11.8 Å². The van der Waals surface area contributed by atoms with Crippen LogP contribution in [0.1, 0.15) is 29.9 Å². The number of halogens is 1. The number of nitrogens with zero attached hydrogens (tertiary/aromatic N) is 1. The van der Waals surface area contributed by atoms with Gasteiger partial charge in [0, 0.05) is 6.54 Å². The largest absolute Gasteiger partial charge is 0.296 e. The van der Waals surface area contributed by atoms with Crippen molar-refractivity contribution < 1.29 is 4.79 Å². The highest BCUT2D eigenvalue weighted by Gasteiger charge is 2.35. The van der Waals surface area contributed by atoms with Gasteiger partial charge in [-0.05, 0) is 44.4 Å². The standard InChI is InChI=1S/C13H18ClNOS/c1-8-6-10(8)7-15(3)9(2)13(16)11-4-5-12(14)17-11/h4-5,8-10H,6-7H2,1-3H3. The van der Waals surface area contributed by atoms with Gasteiger partial charge in [0.25, 0.3) is 0 Å². The van der Waals surface area contributed by atoms with Crippen LogP contribution in [0, 0.1) is 11.8 Å². The van der Waals surface area contributed by atoms with Crippen LogP contribution in [-0.4, -0.2) is 30.3 Å². The van der Waals surface area contributed by atoms with Crippen molar-refractivity contribution >= 4 is 28.7 Å². The van der Waals surface area contributed by atoms with E-state index in [1.54, 1.807) is 6.07 Å². The Kier molecular flexibility index (Phi) is 3.91. The van der Waals surface area contributed by atoms with Gasteiger partial charge in [0.1, 0.15) is 0 Å². The van der Waals surface area contributed by atoms with Gasteiger partial charge in [-0.25, -0.2) is 0 Å². The number of hydrogen-bond acceptors (Lipinski definition) is 3. The Morgan fingerprint density at radius 1 is 1.65 bits per heavy atom. The summed E-state index contributed by atoms with van der Waals surface area (Å²) < 4.78 is 0.680. The van der Waals surface area contributed by atoms with Crippen molar-refractivity contribution in [2.45, 2.75) is 26.3 Å². The van der Waals surface area contributed by atoms with Gasteiger partial charge in [-0.3, -0.25) is 9.69 Å². The zero-order valence-electron chi connectivity index (χ0n) is 10.4. The zero-order valence-corrected chi connectivity index (χ0v) is 12.0. The Morgan fingerprint density at radius 3 is 2.76 bits per heavy atom. The van der Waals surface area contributed by atoms with E-state index in [0.717, 1.165) is 23.3 Å². The second-order valence-electron chi connectivity index (χ2n) is 5.06. The van der Waals surface area contributed by atoms with Gasteiger partial charge in [0.05, 0.1) is 15.3 Å². The van der Waals surface area contributed by atoms with E-state index >= 15 is 0 Å². The van der Waals surface area contributed by atoms with Crippen molar-refractivity contribution in [2.75, 3.05) is 13.6 Å². The van der Waals surface area contributed by atoms with Crippen molar-refractivity contribution in [3.8, 4) is 0 Å². The highest BCUT2D eigenvalue weighted by molar-refractivity contribution is 7.18. The van der Waals surface area contributed by atoms with Crippen molar-refractivity contribution in [2.24, 2.45) is 11.8 Å². The van der Waals surface area contributed by atoms with E-state index in [1.807, 2.05) is 20.0 Å². The van der Waals surface area contributed by atoms with Crippen LogP contribution in [0.2, 0.25) is 4.34 Å². The zero-order chi connectivity index (χ0) is 12.6. The average molecular weight is 272 g/mol. The van der Waals surface area contributed by atoms with Crippen molar-refractivity contribution in [3.63, 3.8) is 0 Å². The topological polar surface area (TPSA) is 20.3 Å². The molecular weight excluding hydrogens is 254 g/mol. The first-order valence-electron chi connectivity index (χ1n) is 5.99. The van der Waals surface area contributed by atoms with Crippen molar-refractivity contribution in [3.05, 3.63) is 21.3 Å². The van der Waals surface area contributed by atoms with Gasteiger partial charge in [-0.2, -0.15) is 0 Å². The second-order valence-corrected chi connectivity index (χ2v) is 6.77. The maximum Gasteiger partial charge on any atom is 0.189 e. The molecule has 1 aliphatic carbocycles. The summed E-state index contributed by atoms with van der Waals surface area (Å²) in [5, 5.41) is 0. The normalized spacial score (nSPS) is 25.0. The minimum Gasteiger partial charge on any atom is -0.296 e. The monoisotopic (exact) mass is 271 g/mol. The fourth-order valence-electron chi connectivity index (χ4n) is 2.03. The highest BCUT2D eigenvalue weighted by Crippen LogP contribution is 2.38. The van der Waals surface area contributed by atoms with Crippen LogP contribution in [-0.2, 0) is 0 Å². The summed E-state index contributed by atoms with van der Waals surface area (Å²) in [5.41, 5.74) is 0. The smallest absolute Gasteiger partial charge is 0.189 e. The number of Topliss-reactive ketones (excluding diaryl/α,β-unsaturated/α-hetero) is 1. The number of ketones is 1. The number of rotatable bonds is 5. The molecule has 0 N–H and O–H groups in total. The molecule has 0 bridgehead atoms. The number of thiophene rings is 1. The third kappa shape index (κ3) is 3.09. The lowest BCUT2D eigenvalue weighted by Crippen LogP contribution is -2.37. The van der Waals surface area contributed by atoms with Gasteiger partial charge in [-0.15, -0.1) is 11.3 Å². The van der Waals surface area contributed by atoms with Crippen LogP contribution in [0.3, 0.4) is 0 Å². The number of likely N-dealkylation sites (N-methyl/N-ethyl adjacent to an activating group) is 1. The molecule has 0 amide bonds. The molecular formula is C13H18ClNOS. The maximum absolute atomic E-state index is 12.2. The summed E-state index contributed by atoms with van der Waals surface area (Å²) in [6.45, 7) is 5.26. The Hall–Kier alpha value is -0.380. The van der Waals surface area contributed by atoms with Crippen LogP contribution in [0.5, 0.6) is 0 Å². The summed E-state index contributed by atoms with van der Waals surface area (Å²) in [5.74, 6) is 1.79. The van der Waals surface area contributed by atoms with E-state index in [9.17, 15) is 4.79 Å². The van der Waals surface area contributed by atoms with Crippen LogP contribution in [0.15, 0.2) is 12.1 Å². The van der Waals surface area contributed by atoms with Crippen molar-refractivity contribution in [1.82, 2.24) is 4.90 Å². The Bertz CT molecular complexity index is 417. The van der Waals surface area contributed by atoms with E-state index in [0.29, 0.717) is 4.34 Å². The van der Waals surface area contributed by atoms with Crippen LogP contribution >= 0.6 is 22.9 Å². The number of hydrogen-bond donors (Lipinski definition) is 0. The molecule has 0 aromatic carbocycles. The van der Waals surface area contributed by atoms with E-state index in [2.05, 4.69) is 11.8 Å². The molecule has 0 radical (unpaired) electrons. The quantitative estimate of drug-likeness (QED) is 0.763. The van der Waals surface area contributed by atoms with E-state index < -0.39 is 0 Å². The molecule has 0 aliphatic heterocycles. The van der Waals surface area contributed by atoms with Crippen LogP contribution in [0.25, 0.3) is 0 Å². The molecule has 2 rings (SSSR count). The third-order valence-corrected chi connectivity index (χ3v) is 4.90. The Morgan fingerprint density at radius 2 is 2.29 bits per heavy atom. The molecule has 1 fully saturated rings. The molecule has 0 spiro atoms. The first kappa shape index (κ1) is 13.1. The summed E-state index contributed by atoms with van der Waals surface area (Å²) in [4.78, 5) is 15.1. The van der Waals surface area contributed by atoms with Gasteiger partial charge in [0.15, 0.2) is 5.78 Å². The first-order chi connectivity index (χ1) is 7.99. The molecule has 4 heteroatoms. The van der Waals surface area contributed by atoms with Gasteiger partial charge < -0.3 is 0 Å². The molecule has 1 aliphatic rings. The van der Waals surface area contributed by atoms with Gasteiger partial charge in [0.2, 0.25) is 0 Å². The van der Waals surface area contributed by atoms with E-state index in [4.69, 9.17) is 11.6 Å². The fraction of sp³-hybridized carbons (Fsp3) is 0.615. The molecule has 17 heavy (non-hydrogen) atoms. The van der Waals surface area contributed by atoms with Gasteiger partial charge >= 0.3 is 0 Å². The Balaban J connectivity index is 1.94. The fourth-order valence-corrected chi connectivity index (χ4v) is 3.10. The molecule has 3 atom stereocenters. The minimum atomic E-state index is -0.0579. The second kappa shape index (κ2) is 5.09. The van der Waals surface area contributed by atoms with Crippen molar-refractivity contribution in [1.29, 1.82) is 0 Å². The maximum atomic E-state index is 12.2. The molecule has 0 saturated heterocycles. The lowest BCUT2D eigenvalue weighted by Gasteiger charge is -2.23. The SMILES string of the molecule is CC1CC1CN(C)C(C)C(=O)c1ccc(Cl)s1. The molecule has 1 aromatic rings. The number of carbonyl (C=O) groups is 1. The molecule has 3 unspecified atom stereocenters. The lowest BCUT2D eigenvalue weighted by atomic mass is 10.1. The summed E-state index contributed by atoms with van der Waals surface area (Å²) in [6.07, 6.45) is 1.30. The molecule has 1 saturated carbocycles.